The molecule has 0 aromatic heterocycles. The first kappa shape index (κ1) is 12.5. The van der Waals surface area contributed by atoms with Gasteiger partial charge in [0.05, 0.1) is 12.1 Å². The van der Waals surface area contributed by atoms with E-state index in [0.29, 0.717) is 5.56 Å². The van der Waals surface area contributed by atoms with Crippen molar-refractivity contribution in [2.75, 3.05) is 6.61 Å². The van der Waals surface area contributed by atoms with Crippen LogP contribution in [0.2, 0.25) is 0 Å². The fourth-order valence-corrected chi connectivity index (χ4v) is 2.30. The van der Waals surface area contributed by atoms with Gasteiger partial charge in [0, 0.05) is 12.2 Å². The van der Waals surface area contributed by atoms with E-state index in [4.69, 9.17) is 10.6 Å². The molecule has 3 nitrogen and oxygen atoms in total. The van der Waals surface area contributed by atoms with E-state index in [1.165, 1.54) is 12.5 Å². The molecule has 0 aliphatic carbocycles. The number of hydrogen-bond donors (Lipinski definition) is 2. The van der Waals surface area contributed by atoms with Crippen molar-refractivity contribution < 1.29 is 9.13 Å². The zero-order valence-electron chi connectivity index (χ0n) is 9.86. The van der Waals surface area contributed by atoms with Crippen molar-refractivity contribution in [1.29, 1.82) is 0 Å². The van der Waals surface area contributed by atoms with Crippen LogP contribution in [0.3, 0.4) is 0 Å². The number of halogens is 1. The summed E-state index contributed by atoms with van der Waals surface area (Å²) >= 11 is 0. The van der Waals surface area contributed by atoms with Crippen LogP contribution in [0, 0.1) is 5.82 Å². The molecule has 0 bridgehead atoms. The third kappa shape index (κ3) is 3.25. The fourth-order valence-electron chi connectivity index (χ4n) is 2.30. The molecule has 1 fully saturated rings. The molecule has 2 atom stereocenters. The molecular weight excluding hydrogens is 219 g/mol. The molecule has 4 heteroatoms. The number of hydrazine groups is 1. The number of ether oxygens (including phenoxy) is 1. The van der Waals surface area contributed by atoms with Gasteiger partial charge in [0.25, 0.3) is 0 Å². The van der Waals surface area contributed by atoms with Crippen LogP contribution in [0.25, 0.3) is 0 Å². The van der Waals surface area contributed by atoms with Crippen LogP contribution in [0.1, 0.15) is 37.3 Å². The maximum absolute atomic E-state index is 13.6. The lowest BCUT2D eigenvalue weighted by Gasteiger charge is -2.27. The molecule has 3 N–H and O–H groups in total. The Morgan fingerprint density at radius 1 is 1.41 bits per heavy atom. The molecule has 1 heterocycles. The summed E-state index contributed by atoms with van der Waals surface area (Å²) in [7, 11) is 0. The second kappa shape index (κ2) is 6.10. The molecular formula is C13H19FN2O. The van der Waals surface area contributed by atoms with E-state index in [-0.39, 0.29) is 18.0 Å². The largest absolute Gasteiger partial charge is 0.378 e. The summed E-state index contributed by atoms with van der Waals surface area (Å²) in [5.41, 5.74) is 3.30. The number of rotatable bonds is 4. The van der Waals surface area contributed by atoms with Crippen molar-refractivity contribution in [3.05, 3.63) is 35.6 Å². The Labute approximate surface area is 101 Å². The monoisotopic (exact) mass is 238 g/mol. The number of benzene rings is 1. The molecule has 1 aromatic rings. The van der Waals surface area contributed by atoms with Crippen molar-refractivity contribution in [2.24, 2.45) is 5.84 Å². The Morgan fingerprint density at radius 2 is 2.24 bits per heavy atom. The van der Waals surface area contributed by atoms with Gasteiger partial charge in [-0.3, -0.25) is 11.3 Å². The summed E-state index contributed by atoms with van der Waals surface area (Å²) < 4.78 is 19.3. The normalized spacial score (nSPS) is 22.4. The van der Waals surface area contributed by atoms with Gasteiger partial charge in [0.15, 0.2) is 0 Å². The van der Waals surface area contributed by atoms with E-state index < -0.39 is 0 Å². The number of hydrogen-bond acceptors (Lipinski definition) is 3. The molecule has 17 heavy (non-hydrogen) atoms. The van der Waals surface area contributed by atoms with Gasteiger partial charge in [0.1, 0.15) is 5.82 Å². The van der Waals surface area contributed by atoms with E-state index in [1.807, 2.05) is 6.07 Å². The van der Waals surface area contributed by atoms with Crippen LogP contribution in [0.5, 0.6) is 0 Å². The van der Waals surface area contributed by atoms with Gasteiger partial charge < -0.3 is 4.74 Å². The molecule has 1 aliphatic rings. The van der Waals surface area contributed by atoms with Gasteiger partial charge in [-0.1, -0.05) is 18.2 Å². The molecule has 0 amide bonds. The van der Waals surface area contributed by atoms with Crippen LogP contribution >= 0.6 is 0 Å². The van der Waals surface area contributed by atoms with Crippen LogP contribution < -0.4 is 11.3 Å². The van der Waals surface area contributed by atoms with Crippen molar-refractivity contribution in [3.8, 4) is 0 Å². The number of nitrogens with one attached hydrogen (secondary N) is 1. The predicted molar refractivity (Wildman–Crippen MR) is 64.7 cm³/mol. The summed E-state index contributed by atoms with van der Waals surface area (Å²) in [6.07, 6.45) is 4.24. The van der Waals surface area contributed by atoms with Crippen LogP contribution in [-0.2, 0) is 4.74 Å². The zero-order valence-corrected chi connectivity index (χ0v) is 9.86. The summed E-state index contributed by atoms with van der Waals surface area (Å²) in [6.45, 7) is 0.805. The average Bonchev–Trinajstić information content (AvgIpc) is 2.38. The molecule has 1 saturated heterocycles. The Morgan fingerprint density at radius 3 is 2.88 bits per heavy atom. The Hall–Kier alpha value is -0.970. The first-order valence-electron chi connectivity index (χ1n) is 6.13. The minimum Gasteiger partial charge on any atom is -0.378 e. The Bertz CT molecular complexity index is 353. The highest BCUT2D eigenvalue weighted by atomic mass is 19.1. The first-order valence-corrected chi connectivity index (χ1v) is 6.13. The maximum Gasteiger partial charge on any atom is 0.128 e. The highest BCUT2D eigenvalue weighted by molar-refractivity contribution is 5.21. The SMILES string of the molecule is NNC(CC1CCCCO1)c1ccccc1F. The Balaban J connectivity index is 2.03. The number of nitrogens with two attached hydrogens (primary N) is 1. The minimum absolute atomic E-state index is 0.181. The Kier molecular flexibility index (Phi) is 4.48. The summed E-state index contributed by atoms with van der Waals surface area (Å²) in [6, 6.07) is 6.55. The lowest BCUT2D eigenvalue weighted by molar-refractivity contribution is 0.00483. The first-order chi connectivity index (χ1) is 8.31. The fraction of sp³-hybridized carbons (Fsp3) is 0.538. The lowest BCUT2D eigenvalue weighted by atomic mass is 9.97. The molecule has 0 saturated carbocycles. The third-order valence-electron chi connectivity index (χ3n) is 3.25. The molecule has 0 spiro atoms. The molecule has 2 rings (SSSR count). The van der Waals surface area contributed by atoms with Crippen molar-refractivity contribution >= 4 is 0 Å². The van der Waals surface area contributed by atoms with E-state index in [9.17, 15) is 4.39 Å². The zero-order chi connectivity index (χ0) is 12.1. The highest BCUT2D eigenvalue weighted by Gasteiger charge is 2.21. The molecule has 1 aliphatic heterocycles. The van der Waals surface area contributed by atoms with Gasteiger partial charge in [-0.2, -0.15) is 0 Å². The van der Waals surface area contributed by atoms with Crippen molar-refractivity contribution in [2.45, 2.75) is 37.8 Å². The van der Waals surface area contributed by atoms with E-state index in [0.717, 1.165) is 25.9 Å². The minimum atomic E-state index is -0.216. The molecule has 0 radical (unpaired) electrons. The smallest absolute Gasteiger partial charge is 0.128 e. The van der Waals surface area contributed by atoms with E-state index >= 15 is 0 Å². The molecule has 94 valence electrons. The summed E-state index contributed by atoms with van der Waals surface area (Å²) in [5, 5.41) is 0. The summed E-state index contributed by atoms with van der Waals surface area (Å²) in [5.74, 6) is 5.30. The van der Waals surface area contributed by atoms with Gasteiger partial charge in [-0.25, -0.2) is 4.39 Å². The quantitative estimate of drug-likeness (QED) is 0.625. The van der Waals surface area contributed by atoms with Crippen LogP contribution in [0.4, 0.5) is 4.39 Å². The highest BCUT2D eigenvalue weighted by Crippen LogP contribution is 2.25. The second-order valence-corrected chi connectivity index (χ2v) is 4.47. The predicted octanol–water partition coefficient (Wildman–Crippen LogP) is 2.29. The van der Waals surface area contributed by atoms with Gasteiger partial charge >= 0.3 is 0 Å². The third-order valence-corrected chi connectivity index (χ3v) is 3.25. The summed E-state index contributed by atoms with van der Waals surface area (Å²) in [4.78, 5) is 0. The van der Waals surface area contributed by atoms with Gasteiger partial charge in [0.2, 0.25) is 0 Å². The van der Waals surface area contributed by atoms with Crippen molar-refractivity contribution in [1.82, 2.24) is 5.43 Å². The van der Waals surface area contributed by atoms with Gasteiger partial charge in [-0.05, 0) is 31.7 Å². The van der Waals surface area contributed by atoms with Gasteiger partial charge in [-0.15, -0.1) is 0 Å². The van der Waals surface area contributed by atoms with E-state index in [1.54, 1.807) is 12.1 Å². The second-order valence-electron chi connectivity index (χ2n) is 4.47. The van der Waals surface area contributed by atoms with E-state index in [2.05, 4.69) is 5.43 Å². The van der Waals surface area contributed by atoms with Crippen LogP contribution in [-0.4, -0.2) is 12.7 Å². The molecule has 1 aromatic carbocycles. The van der Waals surface area contributed by atoms with Crippen molar-refractivity contribution in [3.63, 3.8) is 0 Å². The standard InChI is InChI=1S/C13H19FN2O/c14-12-7-2-1-6-11(12)13(16-15)9-10-5-3-4-8-17-10/h1-2,6-7,10,13,16H,3-5,8-9,15H2. The average molecular weight is 238 g/mol. The molecule has 2 unspecified atom stereocenters. The topological polar surface area (TPSA) is 47.3 Å². The van der Waals surface area contributed by atoms with Crippen LogP contribution in [0.15, 0.2) is 24.3 Å². The lowest BCUT2D eigenvalue weighted by Crippen LogP contribution is -2.33. The maximum atomic E-state index is 13.6.